The minimum atomic E-state index is 0.236. The lowest BCUT2D eigenvalue weighted by atomic mass is 9.97. The summed E-state index contributed by atoms with van der Waals surface area (Å²) in [6.07, 6.45) is 13.0. The zero-order chi connectivity index (χ0) is 10.5. The second-order valence-electron chi connectivity index (χ2n) is 4.33. The summed E-state index contributed by atoms with van der Waals surface area (Å²) in [6.45, 7) is 0. The Morgan fingerprint density at radius 3 is 2.93 bits per heavy atom. The van der Waals surface area contributed by atoms with Crippen LogP contribution in [0.15, 0.2) is 23.5 Å². The van der Waals surface area contributed by atoms with Crippen LogP contribution in [0.2, 0.25) is 0 Å². The first kappa shape index (κ1) is 10.5. The molecule has 0 fully saturated rings. The van der Waals surface area contributed by atoms with Crippen LogP contribution in [0.25, 0.3) is 0 Å². The molecule has 0 bridgehead atoms. The first-order valence-electron chi connectivity index (χ1n) is 5.88. The van der Waals surface area contributed by atoms with E-state index in [9.17, 15) is 4.79 Å². The van der Waals surface area contributed by atoms with Crippen LogP contribution in [0.3, 0.4) is 0 Å². The van der Waals surface area contributed by atoms with Gasteiger partial charge >= 0.3 is 0 Å². The molecule has 2 rings (SSSR count). The molecule has 1 atom stereocenters. The quantitative estimate of drug-likeness (QED) is 0.663. The van der Waals surface area contributed by atoms with Crippen LogP contribution in [0.1, 0.15) is 44.9 Å². The van der Waals surface area contributed by atoms with Gasteiger partial charge in [-0.25, -0.2) is 0 Å². The minimum Gasteiger partial charge on any atom is -0.495 e. The van der Waals surface area contributed by atoms with E-state index in [2.05, 4.69) is 6.08 Å². The molecule has 2 aliphatic rings. The van der Waals surface area contributed by atoms with E-state index in [1.54, 1.807) is 0 Å². The lowest BCUT2D eigenvalue weighted by Crippen LogP contribution is -2.17. The van der Waals surface area contributed by atoms with E-state index in [0.717, 1.165) is 49.7 Å². The van der Waals surface area contributed by atoms with Crippen molar-refractivity contribution in [2.75, 3.05) is 0 Å². The van der Waals surface area contributed by atoms with Gasteiger partial charge in [0.1, 0.15) is 12.4 Å². The Hall–Kier alpha value is -1.05. The highest BCUT2D eigenvalue weighted by Gasteiger charge is 2.18. The summed E-state index contributed by atoms with van der Waals surface area (Å²) in [7, 11) is 0. The Balaban J connectivity index is 1.87. The third-order valence-electron chi connectivity index (χ3n) is 3.08. The first-order chi connectivity index (χ1) is 7.38. The number of rotatable bonds is 3. The average molecular weight is 206 g/mol. The Morgan fingerprint density at radius 2 is 2.20 bits per heavy atom. The van der Waals surface area contributed by atoms with Crippen LogP contribution in [0, 0.1) is 0 Å². The topological polar surface area (TPSA) is 26.3 Å². The van der Waals surface area contributed by atoms with Crippen molar-refractivity contribution in [2.24, 2.45) is 0 Å². The van der Waals surface area contributed by atoms with Gasteiger partial charge in [-0.3, -0.25) is 4.79 Å². The molecule has 1 unspecified atom stereocenters. The van der Waals surface area contributed by atoms with Gasteiger partial charge in [0.2, 0.25) is 0 Å². The highest BCUT2D eigenvalue weighted by molar-refractivity contribution is 5.73. The predicted octanol–water partition coefficient (Wildman–Crippen LogP) is 3.14. The van der Waals surface area contributed by atoms with Crippen molar-refractivity contribution in [1.29, 1.82) is 0 Å². The van der Waals surface area contributed by atoms with E-state index in [-0.39, 0.29) is 6.10 Å². The smallest absolute Gasteiger partial charge is 0.145 e. The van der Waals surface area contributed by atoms with Gasteiger partial charge in [0.15, 0.2) is 0 Å². The number of hydrogen-bond donors (Lipinski definition) is 0. The van der Waals surface area contributed by atoms with E-state index in [1.165, 1.54) is 12.8 Å². The summed E-state index contributed by atoms with van der Waals surface area (Å²) >= 11 is 0. The Bertz CT molecular complexity index is 289. The molecule has 0 saturated heterocycles. The summed E-state index contributed by atoms with van der Waals surface area (Å²) in [5, 5.41) is 0. The van der Waals surface area contributed by atoms with Crippen molar-refractivity contribution in [3.8, 4) is 0 Å². The van der Waals surface area contributed by atoms with E-state index >= 15 is 0 Å². The number of ether oxygens (including phenoxy) is 1. The van der Waals surface area contributed by atoms with Gasteiger partial charge < -0.3 is 4.74 Å². The molecule has 0 aromatic carbocycles. The van der Waals surface area contributed by atoms with Gasteiger partial charge in [-0.15, -0.1) is 0 Å². The van der Waals surface area contributed by atoms with E-state index < -0.39 is 0 Å². The van der Waals surface area contributed by atoms with Crippen molar-refractivity contribution in [3.63, 3.8) is 0 Å². The van der Waals surface area contributed by atoms with Gasteiger partial charge in [-0.1, -0.05) is 6.08 Å². The molecule has 0 aromatic rings. The van der Waals surface area contributed by atoms with Crippen LogP contribution in [0.5, 0.6) is 0 Å². The Kier molecular flexibility index (Phi) is 3.59. The molecule has 2 heteroatoms. The first-order valence-corrected chi connectivity index (χ1v) is 5.88. The number of hydrogen-bond acceptors (Lipinski definition) is 2. The van der Waals surface area contributed by atoms with Crippen molar-refractivity contribution >= 4 is 6.29 Å². The normalized spacial score (nSPS) is 26.5. The highest BCUT2D eigenvalue weighted by atomic mass is 16.5. The fourth-order valence-corrected chi connectivity index (χ4v) is 2.23. The zero-order valence-corrected chi connectivity index (χ0v) is 9.08. The van der Waals surface area contributed by atoms with Crippen molar-refractivity contribution < 1.29 is 9.53 Å². The molecular weight excluding hydrogens is 188 g/mol. The van der Waals surface area contributed by atoms with Crippen molar-refractivity contribution in [1.82, 2.24) is 0 Å². The summed E-state index contributed by atoms with van der Waals surface area (Å²) < 4.78 is 5.93. The number of carbonyl (C=O) groups excluding carboxylic acids is 1. The van der Waals surface area contributed by atoms with E-state index in [4.69, 9.17) is 4.74 Å². The largest absolute Gasteiger partial charge is 0.495 e. The van der Waals surface area contributed by atoms with Gasteiger partial charge in [-0.2, -0.15) is 0 Å². The van der Waals surface area contributed by atoms with Gasteiger partial charge in [0.05, 0.1) is 5.76 Å². The van der Waals surface area contributed by atoms with Crippen LogP contribution < -0.4 is 0 Å². The molecule has 0 spiro atoms. The molecule has 0 heterocycles. The molecule has 0 aliphatic heterocycles. The van der Waals surface area contributed by atoms with E-state index in [1.807, 2.05) is 6.08 Å². The molecule has 2 nitrogen and oxygen atoms in total. The van der Waals surface area contributed by atoms with Crippen molar-refractivity contribution in [3.05, 3.63) is 23.5 Å². The molecule has 15 heavy (non-hydrogen) atoms. The zero-order valence-electron chi connectivity index (χ0n) is 9.08. The second-order valence-corrected chi connectivity index (χ2v) is 4.33. The maximum Gasteiger partial charge on any atom is 0.145 e. The molecule has 2 aliphatic carbocycles. The molecule has 0 radical (unpaired) electrons. The van der Waals surface area contributed by atoms with Crippen LogP contribution in [0.4, 0.5) is 0 Å². The summed E-state index contributed by atoms with van der Waals surface area (Å²) in [6, 6.07) is 0. The fourth-order valence-electron chi connectivity index (χ4n) is 2.23. The van der Waals surface area contributed by atoms with Gasteiger partial charge in [-0.05, 0) is 43.8 Å². The molecule has 82 valence electrons. The summed E-state index contributed by atoms with van der Waals surface area (Å²) in [5.74, 6) is 1.15. The third-order valence-corrected chi connectivity index (χ3v) is 3.08. The maximum atomic E-state index is 10.7. The van der Waals surface area contributed by atoms with Crippen LogP contribution in [-0.4, -0.2) is 12.4 Å². The number of allylic oxidation sites excluding steroid dienone is 3. The number of carbonyl (C=O) groups is 1. The lowest BCUT2D eigenvalue weighted by Gasteiger charge is -2.25. The van der Waals surface area contributed by atoms with Crippen molar-refractivity contribution in [2.45, 2.75) is 51.0 Å². The fraction of sp³-hybridized carbons (Fsp3) is 0.615. The summed E-state index contributed by atoms with van der Waals surface area (Å²) in [4.78, 5) is 10.7. The monoisotopic (exact) mass is 206 g/mol. The number of aldehydes is 1. The molecule has 0 saturated carbocycles. The molecule has 0 N–H and O–H groups in total. The molecule has 0 aromatic heterocycles. The Labute approximate surface area is 91.0 Å². The maximum absolute atomic E-state index is 10.7. The van der Waals surface area contributed by atoms with Gasteiger partial charge in [0.25, 0.3) is 0 Å². The standard InChI is InChI=1S/C13H18O2/c14-10-11-5-4-8-13(9-11)15-12-6-2-1-3-7-12/h5-6,10,13H,1-4,7-9H2. The summed E-state index contributed by atoms with van der Waals surface area (Å²) in [5.41, 5.74) is 0.905. The molecule has 0 amide bonds. The SMILES string of the molecule is O=CC1=CCCC(OC2=CCCCC2)C1. The second kappa shape index (κ2) is 5.15. The minimum absolute atomic E-state index is 0.236. The van der Waals surface area contributed by atoms with Crippen LogP contribution in [-0.2, 0) is 9.53 Å². The average Bonchev–Trinajstić information content (AvgIpc) is 2.31. The van der Waals surface area contributed by atoms with E-state index in [0.29, 0.717) is 0 Å². The third kappa shape index (κ3) is 2.95. The highest BCUT2D eigenvalue weighted by Crippen LogP contribution is 2.26. The Morgan fingerprint density at radius 1 is 1.27 bits per heavy atom. The lowest BCUT2D eigenvalue weighted by molar-refractivity contribution is -0.105. The molecular formula is C13H18O2. The predicted molar refractivity (Wildman–Crippen MR) is 59.4 cm³/mol. The van der Waals surface area contributed by atoms with Crippen LogP contribution >= 0.6 is 0 Å². The van der Waals surface area contributed by atoms with Gasteiger partial charge in [0, 0.05) is 12.8 Å².